The quantitative estimate of drug-likeness (QED) is 0.541. The number of anilines is 1. The molecule has 4 nitrogen and oxygen atoms in total. The van der Waals surface area contributed by atoms with Gasteiger partial charge in [0, 0.05) is 10.0 Å². The third-order valence-electron chi connectivity index (χ3n) is 5.96. The number of halogens is 3. The van der Waals surface area contributed by atoms with Crippen molar-refractivity contribution < 1.29 is 18.7 Å². The van der Waals surface area contributed by atoms with E-state index in [4.69, 9.17) is 16.3 Å². The second kappa shape index (κ2) is 6.48. The summed E-state index contributed by atoms with van der Waals surface area (Å²) >= 11 is 9.57. The van der Waals surface area contributed by atoms with E-state index in [0.29, 0.717) is 17.5 Å². The Labute approximate surface area is 164 Å². The van der Waals surface area contributed by atoms with E-state index in [-0.39, 0.29) is 21.9 Å². The summed E-state index contributed by atoms with van der Waals surface area (Å²) in [5.41, 5.74) is -0.0841. The molecule has 1 N–H and O–H groups in total. The number of esters is 1. The number of alkyl halides is 1. The number of carbonyl (C=O) groups is 2. The molecule has 0 spiro atoms. The van der Waals surface area contributed by atoms with Crippen molar-refractivity contribution in [2.24, 2.45) is 17.3 Å². The summed E-state index contributed by atoms with van der Waals surface area (Å²) < 4.78 is 18.6. The van der Waals surface area contributed by atoms with Crippen LogP contribution in [0, 0.1) is 23.1 Å². The number of hydrogen-bond acceptors (Lipinski definition) is 3. The summed E-state index contributed by atoms with van der Waals surface area (Å²) in [6, 6.07) is 3.91. The lowest BCUT2D eigenvalue weighted by Crippen LogP contribution is -2.56. The van der Waals surface area contributed by atoms with Gasteiger partial charge in [-0.3, -0.25) is 9.59 Å². The van der Waals surface area contributed by atoms with Crippen LogP contribution < -0.4 is 5.32 Å². The molecule has 2 atom stereocenters. The Morgan fingerprint density at radius 1 is 1.27 bits per heavy atom. The standard InChI is InChI=1S/C19H20BrClFNO3/c20-19-7-11-3-12(8-19)6-18(5-11,10-19)17(25)26-9-16(24)23-13-1-2-15(22)14(21)4-13/h1-2,4,11-12H,3,5-10H2,(H,23,24)/t11-,12-,18?,19?/m1/s1. The zero-order chi connectivity index (χ0) is 18.5. The van der Waals surface area contributed by atoms with Crippen molar-refractivity contribution >= 4 is 45.1 Å². The Kier molecular flexibility index (Phi) is 4.55. The van der Waals surface area contributed by atoms with Crippen LogP contribution in [0.1, 0.15) is 38.5 Å². The molecule has 4 bridgehead atoms. The Balaban J connectivity index is 1.36. The van der Waals surface area contributed by atoms with Gasteiger partial charge in [0.15, 0.2) is 6.61 Å². The lowest BCUT2D eigenvalue weighted by Gasteiger charge is -2.58. The van der Waals surface area contributed by atoms with Gasteiger partial charge in [0.05, 0.1) is 10.4 Å². The molecule has 1 aromatic rings. The third kappa shape index (κ3) is 3.38. The minimum Gasteiger partial charge on any atom is -0.455 e. The van der Waals surface area contributed by atoms with Gasteiger partial charge in [-0.1, -0.05) is 27.5 Å². The number of ether oxygens (including phenoxy) is 1. The van der Waals surface area contributed by atoms with Crippen LogP contribution in [-0.2, 0) is 14.3 Å². The minimum absolute atomic E-state index is 0.0588. The van der Waals surface area contributed by atoms with Crippen molar-refractivity contribution in [3.63, 3.8) is 0 Å². The fourth-order valence-corrected chi connectivity index (χ4v) is 7.08. The van der Waals surface area contributed by atoms with Crippen LogP contribution >= 0.6 is 27.5 Å². The van der Waals surface area contributed by atoms with Gasteiger partial charge >= 0.3 is 5.97 Å². The first-order chi connectivity index (χ1) is 12.3. The van der Waals surface area contributed by atoms with Crippen LogP contribution in [0.25, 0.3) is 0 Å². The first-order valence-corrected chi connectivity index (χ1v) is 10.1. The maximum atomic E-state index is 13.2. The van der Waals surface area contributed by atoms with Crippen molar-refractivity contribution in [1.82, 2.24) is 0 Å². The molecule has 4 fully saturated rings. The molecule has 0 radical (unpaired) electrons. The summed E-state index contributed by atoms with van der Waals surface area (Å²) in [5, 5.41) is 2.50. The average molecular weight is 445 g/mol. The smallest absolute Gasteiger partial charge is 0.312 e. The van der Waals surface area contributed by atoms with E-state index in [1.54, 1.807) is 0 Å². The SMILES string of the molecule is O=C(COC(=O)C12C[C@H]3C[C@@H](CC(Br)(C3)C1)C2)Nc1ccc(F)c(Cl)c1. The molecule has 0 heterocycles. The van der Waals surface area contributed by atoms with Crippen LogP contribution in [0.4, 0.5) is 10.1 Å². The molecule has 0 saturated heterocycles. The zero-order valence-corrected chi connectivity index (χ0v) is 16.5. The molecule has 0 aliphatic heterocycles. The zero-order valence-electron chi connectivity index (χ0n) is 14.2. The molecule has 0 aromatic heterocycles. The topological polar surface area (TPSA) is 55.4 Å². The molecule has 26 heavy (non-hydrogen) atoms. The Hall–Kier alpha value is -1.14. The van der Waals surface area contributed by atoms with Gasteiger partial charge in [0.2, 0.25) is 0 Å². The summed E-state index contributed by atoms with van der Waals surface area (Å²) in [7, 11) is 0. The molecular formula is C19H20BrClFNO3. The van der Waals surface area contributed by atoms with E-state index in [2.05, 4.69) is 21.2 Å². The molecular weight excluding hydrogens is 425 g/mol. The van der Waals surface area contributed by atoms with E-state index in [1.807, 2.05) is 0 Å². The molecule has 1 amide bonds. The highest BCUT2D eigenvalue weighted by Crippen LogP contribution is 2.64. The van der Waals surface area contributed by atoms with E-state index in [9.17, 15) is 14.0 Å². The van der Waals surface area contributed by atoms with Crippen LogP contribution in [0.3, 0.4) is 0 Å². The lowest BCUT2D eigenvalue weighted by molar-refractivity contribution is -0.170. The van der Waals surface area contributed by atoms with E-state index in [1.165, 1.54) is 24.6 Å². The van der Waals surface area contributed by atoms with Crippen LogP contribution in [0.2, 0.25) is 5.02 Å². The van der Waals surface area contributed by atoms with Crippen molar-refractivity contribution in [2.45, 2.75) is 42.8 Å². The number of hydrogen-bond donors (Lipinski definition) is 1. The number of carbonyl (C=O) groups excluding carboxylic acids is 2. The van der Waals surface area contributed by atoms with Crippen molar-refractivity contribution in [3.8, 4) is 0 Å². The van der Waals surface area contributed by atoms with E-state index in [0.717, 1.165) is 32.1 Å². The van der Waals surface area contributed by atoms with E-state index >= 15 is 0 Å². The van der Waals surface area contributed by atoms with Gasteiger partial charge in [-0.05, 0) is 68.6 Å². The summed E-state index contributed by atoms with van der Waals surface area (Å²) in [5.74, 6) is -0.139. The molecule has 4 saturated carbocycles. The number of amides is 1. The molecule has 0 unspecified atom stereocenters. The monoisotopic (exact) mass is 443 g/mol. The molecule has 140 valence electrons. The molecule has 7 heteroatoms. The molecule has 4 aliphatic carbocycles. The summed E-state index contributed by atoms with van der Waals surface area (Å²) in [6.45, 7) is -0.347. The highest BCUT2D eigenvalue weighted by atomic mass is 79.9. The van der Waals surface area contributed by atoms with Crippen molar-refractivity contribution in [1.29, 1.82) is 0 Å². The Morgan fingerprint density at radius 2 is 1.96 bits per heavy atom. The molecule has 4 aliphatic rings. The molecule has 1 aromatic carbocycles. The van der Waals surface area contributed by atoms with Gasteiger partial charge < -0.3 is 10.1 Å². The largest absolute Gasteiger partial charge is 0.455 e. The van der Waals surface area contributed by atoms with Gasteiger partial charge in [-0.15, -0.1) is 0 Å². The highest BCUT2D eigenvalue weighted by molar-refractivity contribution is 9.10. The number of rotatable bonds is 4. The summed E-state index contributed by atoms with van der Waals surface area (Å²) in [6.07, 6.45) is 5.99. The predicted molar refractivity (Wildman–Crippen MR) is 99.8 cm³/mol. The van der Waals surface area contributed by atoms with Gasteiger partial charge in [0.25, 0.3) is 5.91 Å². The van der Waals surface area contributed by atoms with E-state index < -0.39 is 17.1 Å². The number of benzene rings is 1. The Morgan fingerprint density at radius 3 is 2.58 bits per heavy atom. The fraction of sp³-hybridized carbons (Fsp3) is 0.579. The highest BCUT2D eigenvalue weighted by Gasteiger charge is 2.60. The first-order valence-electron chi connectivity index (χ1n) is 8.88. The van der Waals surface area contributed by atoms with Gasteiger partial charge in [-0.25, -0.2) is 4.39 Å². The van der Waals surface area contributed by atoms with Gasteiger partial charge in [-0.2, -0.15) is 0 Å². The minimum atomic E-state index is -0.554. The first kappa shape index (κ1) is 18.2. The fourth-order valence-electron chi connectivity index (χ4n) is 5.44. The Bertz CT molecular complexity index is 757. The van der Waals surface area contributed by atoms with Gasteiger partial charge in [0.1, 0.15) is 5.82 Å². The second-order valence-corrected chi connectivity index (χ2v) is 10.2. The van der Waals surface area contributed by atoms with Crippen LogP contribution in [-0.4, -0.2) is 22.8 Å². The third-order valence-corrected chi connectivity index (χ3v) is 7.18. The number of nitrogens with one attached hydrogen (secondary N) is 1. The van der Waals surface area contributed by atoms with Crippen molar-refractivity contribution in [2.75, 3.05) is 11.9 Å². The molecule has 5 rings (SSSR count). The second-order valence-electron chi connectivity index (χ2n) is 8.15. The maximum absolute atomic E-state index is 13.2. The average Bonchev–Trinajstić information content (AvgIpc) is 2.53. The normalized spacial score (nSPS) is 34.6. The summed E-state index contributed by atoms with van der Waals surface area (Å²) in [4.78, 5) is 24.9. The van der Waals surface area contributed by atoms with Crippen molar-refractivity contribution in [3.05, 3.63) is 29.0 Å². The lowest BCUT2D eigenvalue weighted by atomic mass is 9.49. The van der Waals surface area contributed by atoms with Crippen LogP contribution in [0.5, 0.6) is 0 Å². The predicted octanol–water partition coefficient (Wildman–Crippen LogP) is 4.69. The maximum Gasteiger partial charge on any atom is 0.312 e. The van der Waals surface area contributed by atoms with Crippen LogP contribution in [0.15, 0.2) is 18.2 Å².